The maximum Gasteiger partial charge on any atom is 0.243 e. The average molecular weight is 460 g/mol. The summed E-state index contributed by atoms with van der Waals surface area (Å²) < 4.78 is 54.1. The molecule has 0 N–H and O–H groups in total. The summed E-state index contributed by atoms with van der Waals surface area (Å²) in [6, 6.07) is 5.37. The number of sulfonamides is 2. The van der Waals surface area contributed by atoms with Gasteiger partial charge in [-0.3, -0.25) is 4.79 Å². The summed E-state index contributed by atoms with van der Waals surface area (Å²) in [5.74, 6) is -0.422. The van der Waals surface area contributed by atoms with E-state index in [-0.39, 0.29) is 34.2 Å². The van der Waals surface area contributed by atoms with Crippen LogP contribution in [-0.4, -0.2) is 75.5 Å². The zero-order valence-electron chi connectivity index (χ0n) is 18.4. The van der Waals surface area contributed by atoms with Crippen molar-refractivity contribution in [2.45, 2.75) is 56.4 Å². The van der Waals surface area contributed by atoms with Crippen LogP contribution in [-0.2, 0) is 24.8 Å². The van der Waals surface area contributed by atoms with E-state index in [1.165, 1.54) is 32.9 Å². The second-order valence-electron chi connectivity index (χ2n) is 7.81. The highest BCUT2D eigenvalue weighted by Gasteiger charge is 2.35. The number of rotatable bonds is 8. The van der Waals surface area contributed by atoms with Gasteiger partial charge >= 0.3 is 0 Å². The van der Waals surface area contributed by atoms with E-state index in [9.17, 15) is 21.6 Å². The van der Waals surface area contributed by atoms with Crippen molar-refractivity contribution >= 4 is 26.0 Å². The van der Waals surface area contributed by atoms with Crippen LogP contribution in [0, 0.1) is 5.92 Å². The van der Waals surface area contributed by atoms with Gasteiger partial charge in [0.1, 0.15) is 0 Å². The maximum atomic E-state index is 13.1. The third kappa shape index (κ3) is 5.04. The van der Waals surface area contributed by atoms with Gasteiger partial charge in [-0.15, -0.1) is 0 Å². The molecule has 0 bridgehead atoms. The number of nitrogens with zero attached hydrogens (tertiary/aromatic N) is 3. The molecule has 1 aliphatic rings. The van der Waals surface area contributed by atoms with Crippen LogP contribution in [0.25, 0.3) is 0 Å². The zero-order valence-corrected chi connectivity index (χ0v) is 20.0. The minimum Gasteiger partial charge on any atom is -0.343 e. The Morgan fingerprint density at radius 3 is 2.10 bits per heavy atom. The molecule has 8 nitrogen and oxygen atoms in total. The van der Waals surface area contributed by atoms with Gasteiger partial charge in [0, 0.05) is 39.3 Å². The lowest BCUT2D eigenvalue weighted by Gasteiger charge is -2.34. The maximum absolute atomic E-state index is 13.1. The number of carbonyl (C=O) groups is 1. The van der Waals surface area contributed by atoms with E-state index in [0.717, 1.165) is 0 Å². The van der Waals surface area contributed by atoms with Crippen LogP contribution in [0.1, 0.15) is 40.5 Å². The molecule has 30 heavy (non-hydrogen) atoms. The topological polar surface area (TPSA) is 95.1 Å². The van der Waals surface area contributed by atoms with Crippen LogP contribution >= 0.6 is 0 Å². The second-order valence-corrected chi connectivity index (χ2v) is 11.7. The first-order valence-electron chi connectivity index (χ1n) is 10.3. The van der Waals surface area contributed by atoms with Crippen molar-refractivity contribution in [1.82, 2.24) is 13.5 Å². The van der Waals surface area contributed by atoms with Crippen molar-refractivity contribution in [1.29, 1.82) is 0 Å². The molecule has 0 radical (unpaired) electrons. The van der Waals surface area contributed by atoms with E-state index < -0.39 is 20.0 Å². The smallest absolute Gasteiger partial charge is 0.243 e. The van der Waals surface area contributed by atoms with Crippen LogP contribution < -0.4 is 0 Å². The van der Waals surface area contributed by atoms with E-state index in [2.05, 4.69) is 0 Å². The summed E-state index contributed by atoms with van der Waals surface area (Å²) in [7, 11) is -5.73. The Morgan fingerprint density at radius 1 is 1.07 bits per heavy atom. The fraction of sp³-hybridized carbons (Fsp3) is 0.650. The first-order chi connectivity index (χ1) is 14.0. The van der Waals surface area contributed by atoms with E-state index >= 15 is 0 Å². The normalized spacial score (nSPS) is 18.7. The Balaban J connectivity index is 2.24. The molecule has 1 atom stereocenters. The number of hydrogen-bond acceptors (Lipinski definition) is 5. The molecule has 1 aromatic carbocycles. The van der Waals surface area contributed by atoms with Crippen LogP contribution in [0.5, 0.6) is 0 Å². The van der Waals surface area contributed by atoms with Crippen LogP contribution in [0.15, 0.2) is 34.1 Å². The lowest BCUT2D eigenvalue weighted by Crippen LogP contribution is -2.47. The molecule has 10 heteroatoms. The van der Waals surface area contributed by atoms with Gasteiger partial charge in [0.05, 0.1) is 15.7 Å². The highest BCUT2D eigenvalue weighted by Crippen LogP contribution is 2.26. The molecule has 0 saturated carbocycles. The lowest BCUT2D eigenvalue weighted by atomic mass is 9.98. The van der Waals surface area contributed by atoms with Crippen molar-refractivity contribution in [3.05, 3.63) is 24.3 Å². The van der Waals surface area contributed by atoms with Crippen LogP contribution in [0.4, 0.5) is 0 Å². The van der Waals surface area contributed by atoms with Crippen molar-refractivity contribution in [3.63, 3.8) is 0 Å². The summed E-state index contributed by atoms with van der Waals surface area (Å²) in [5.41, 5.74) is 0. The third-order valence-corrected chi connectivity index (χ3v) is 9.60. The molecular formula is C20H33N3O5S2. The molecule has 1 aromatic rings. The standard InChI is InChI=1S/C20H33N3O5S2/c1-6-22(7-2)29(25,26)18-10-12-19(13-11-18)30(27,28)23-14-8-9-17(15-23)20(24)21(5)16(3)4/h10-13,16-17H,6-9,14-15H2,1-5H3. The Kier molecular flexibility index (Phi) is 8.06. The Morgan fingerprint density at radius 2 is 1.60 bits per heavy atom. The van der Waals surface area contributed by atoms with Crippen molar-refractivity contribution in [2.75, 3.05) is 33.2 Å². The first kappa shape index (κ1) is 24.8. The van der Waals surface area contributed by atoms with Gasteiger partial charge in [0.2, 0.25) is 26.0 Å². The fourth-order valence-electron chi connectivity index (χ4n) is 3.55. The first-order valence-corrected chi connectivity index (χ1v) is 13.2. The Bertz CT molecular complexity index is 939. The van der Waals surface area contributed by atoms with Crippen LogP contribution in [0.2, 0.25) is 0 Å². The van der Waals surface area contributed by atoms with E-state index in [1.807, 2.05) is 13.8 Å². The number of benzene rings is 1. The molecule has 2 rings (SSSR count). The SMILES string of the molecule is CCN(CC)S(=O)(=O)c1ccc(S(=O)(=O)N2CCCC(C(=O)N(C)C(C)C)C2)cc1. The molecule has 0 aliphatic carbocycles. The fourth-order valence-corrected chi connectivity index (χ4v) is 6.53. The van der Waals surface area contributed by atoms with Gasteiger partial charge in [-0.2, -0.15) is 8.61 Å². The van der Waals surface area contributed by atoms with Gasteiger partial charge in [-0.1, -0.05) is 13.8 Å². The summed E-state index contributed by atoms with van der Waals surface area (Å²) in [6.07, 6.45) is 1.26. The van der Waals surface area contributed by atoms with Crippen LogP contribution in [0.3, 0.4) is 0 Å². The number of hydrogen-bond donors (Lipinski definition) is 0. The molecule has 1 saturated heterocycles. The summed E-state index contributed by atoms with van der Waals surface area (Å²) in [6.45, 7) is 8.51. The van der Waals surface area contributed by atoms with Crippen molar-refractivity contribution in [2.24, 2.45) is 5.92 Å². The number of carbonyl (C=O) groups excluding carboxylic acids is 1. The molecule has 1 unspecified atom stereocenters. The van der Waals surface area contributed by atoms with E-state index in [0.29, 0.717) is 32.5 Å². The van der Waals surface area contributed by atoms with Gasteiger partial charge < -0.3 is 4.90 Å². The monoisotopic (exact) mass is 459 g/mol. The van der Waals surface area contributed by atoms with Gasteiger partial charge in [-0.05, 0) is 51.0 Å². The van der Waals surface area contributed by atoms with E-state index in [1.54, 1.807) is 25.8 Å². The van der Waals surface area contributed by atoms with Gasteiger partial charge in [0.15, 0.2) is 0 Å². The molecule has 1 fully saturated rings. The second kappa shape index (κ2) is 9.76. The lowest BCUT2D eigenvalue weighted by molar-refractivity contribution is -0.136. The van der Waals surface area contributed by atoms with Gasteiger partial charge in [0.25, 0.3) is 0 Å². The van der Waals surface area contributed by atoms with E-state index in [4.69, 9.17) is 0 Å². The summed E-state index contributed by atoms with van der Waals surface area (Å²) >= 11 is 0. The Hall–Kier alpha value is -1.49. The summed E-state index contributed by atoms with van der Waals surface area (Å²) in [4.78, 5) is 14.4. The molecule has 0 spiro atoms. The molecular weight excluding hydrogens is 426 g/mol. The number of amides is 1. The predicted molar refractivity (Wildman–Crippen MR) is 116 cm³/mol. The van der Waals surface area contributed by atoms with Crippen molar-refractivity contribution < 1.29 is 21.6 Å². The highest BCUT2D eigenvalue weighted by atomic mass is 32.2. The molecule has 0 aromatic heterocycles. The molecule has 1 aliphatic heterocycles. The average Bonchev–Trinajstić information content (AvgIpc) is 2.73. The minimum atomic E-state index is -3.81. The molecule has 1 amide bonds. The largest absolute Gasteiger partial charge is 0.343 e. The number of piperidine rings is 1. The quantitative estimate of drug-likeness (QED) is 0.592. The highest BCUT2D eigenvalue weighted by molar-refractivity contribution is 7.89. The third-order valence-electron chi connectivity index (χ3n) is 5.66. The minimum absolute atomic E-state index is 0.0336. The van der Waals surface area contributed by atoms with Crippen molar-refractivity contribution in [3.8, 4) is 0 Å². The molecule has 1 heterocycles. The predicted octanol–water partition coefficient (Wildman–Crippen LogP) is 1.98. The Labute approximate surface area is 180 Å². The zero-order chi connectivity index (χ0) is 22.7. The molecule has 170 valence electrons. The van der Waals surface area contributed by atoms with Gasteiger partial charge in [-0.25, -0.2) is 16.8 Å². The summed E-state index contributed by atoms with van der Waals surface area (Å²) in [5, 5.41) is 0.